The lowest BCUT2D eigenvalue weighted by atomic mass is 10.0. The van der Waals surface area contributed by atoms with Crippen molar-refractivity contribution >= 4 is 23.3 Å². The predicted molar refractivity (Wildman–Crippen MR) is 78.4 cm³/mol. The lowest BCUT2D eigenvalue weighted by Gasteiger charge is -2.19. The molecular formula is C15H14ClNO3. The molecule has 0 saturated carbocycles. The summed E-state index contributed by atoms with van der Waals surface area (Å²) in [5.74, 6) is -0.589. The number of hydrogen-bond acceptors (Lipinski definition) is 3. The summed E-state index contributed by atoms with van der Waals surface area (Å²) in [7, 11) is 1.48. The molecule has 0 saturated heterocycles. The summed E-state index contributed by atoms with van der Waals surface area (Å²) < 4.78 is 5.21. The first-order valence-electron chi connectivity index (χ1n) is 6.00. The minimum Gasteiger partial charge on any atom is -0.496 e. The fourth-order valence-electron chi connectivity index (χ4n) is 1.93. The van der Waals surface area contributed by atoms with E-state index in [4.69, 9.17) is 16.3 Å². The van der Waals surface area contributed by atoms with Crippen molar-refractivity contribution in [1.82, 2.24) is 0 Å². The number of anilines is 1. The minimum absolute atomic E-state index is 0.347. The molecule has 0 amide bonds. The van der Waals surface area contributed by atoms with E-state index in [2.05, 4.69) is 5.32 Å². The Morgan fingerprint density at radius 1 is 1.20 bits per heavy atom. The van der Waals surface area contributed by atoms with Crippen LogP contribution in [0.2, 0.25) is 5.02 Å². The first-order chi connectivity index (χ1) is 9.63. The van der Waals surface area contributed by atoms with Gasteiger partial charge in [-0.3, -0.25) is 0 Å². The highest BCUT2D eigenvalue weighted by atomic mass is 35.5. The summed E-state index contributed by atoms with van der Waals surface area (Å²) in [4.78, 5) is 11.5. The van der Waals surface area contributed by atoms with Crippen molar-refractivity contribution in [2.24, 2.45) is 0 Å². The maximum Gasteiger partial charge on any atom is 0.331 e. The summed E-state index contributed by atoms with van der Waals surface area (Å²) in [6.07, 6.45) is 0. The molecule has 0 heterocycles. The summed E-state index contributed by atoms with van der Waals surface area (Å²) in [5.41, 5.74) is 1.11. The van der Waals surface area contributed by atoms with Gasteiger partial charge in [-0.1, -0.05) is 35.9 Å². The molecule has 0 bridgehead atoms. The number of nitrogens with one attached hydrogen (secondary N) is 1. The van der Waals surface area contributed by atoms with Crippen molar-refractivity contribution in [2.75, 3.05) is 12.4 Å². The zero-order chi connectivity index (χ0) is 14.5. The zero-order valence-corrected chi connectivity index (χ0v) is 11.6. The molecule has 0 fully saturated rings. The van der Waals surface area contributed by atoms with E-state index in [0.717, 1.165) is 0 Å². The molecular weight excluding hydrogens is 278 g/mol. The Balaban J connectivity index is 2.42. The number of halogens is 1. The predicted octanol–water partition coefficient (Wildman–Crippen LogP) is 3.59. The van der Waals surface area contributed by atoms with Gasteiger partial charge < -0.3 is 15.2 Å². The maximum atomic E-state index is 11.5. The molecule has 0 spiro atoms. The average Bonchev–Trinajstić information content (AvgIpc) is 2.46. The second-order valence-electron chi connectivity index (χ2n) is 4.14. The van der Waals surface area contributed by atoms with Gasteiger partial charge in [0.2, 0.25) is 0 Å². The van der Waals surface area contributed by atoms with E-state index in [1.165, 1.54) is 7.11 Å². The summed E-state index contributed by atoms with van der Waals surface area (Å²) in [6, 6.07) is 13.1. The molecule has 0 aliphatic heterocycles. The van der Waals surface area contributed by atoms with Crippen molar-refractivity contribution in [3.8, 4) is 5.75 Å². The molecule has 0 aliphatic carbocycles. The molecule has 1 unspecified atom stereocenters. The van der Waals surface area contributed by atoms with E-state index in [1.54, 1.807) is 30.3 Å². The molecule has 104 valence electrons. The van der Waals surface area contributed by atoms with Crippen LogP contribution >= 0.6 is 11.6 Å². The third-order valence-corrected chi connectivity index (χ3v) is 3.18. The van der Waals surface area contributed by atoms with Gasteiger partial charge in [-0.05, 0) is 24.3 Å². The number of para-hydroxylation sites is 1. The van der Waals surface area contributed by atoms with Crippen molar-refractivity contribution in [1.29, 1.82) is 0 Å². The van der Waals surface area contributed by atoms with Gasteiger partial charge in [-0.15, -0.1) is 0 Å². The van der Waals surface area contributed by atoms with Gasteiger partial charge in [-0.2, -0.15) is 0 Å². The van der Waals surface area contributed by atoms with Gasteiger partial charge in [-0.25, -0.2) is 4.79 Å². The van der Waals surface area contributed by atoms with Crippen LogP contribution in [0.15, 0.2) is 48.5 Å². The van der Waals surface area contributed by atoms with E-state index in [1.807, 2.05) is 18.2 Å². The highest BCUT2D eigenvalue weighted by Crippen LogP contribution is 2.34. The highest BCUT2D eigenvalue weighted by molar-refractivity contribution is 6.31. The Bertz CT molecular complexity index is 601. The van der Waals surface area contributed by atoms with E-state index in [9.17, 15) is 9.90 Å². The van der Waals surface area contributed by atoms with Crippen LogP contribution in [0.1, 0.15) is 11.6 Å². The molecule has 1 atom stereocenters. The molecule has 0 aliphatic rings. The third kappa shape index (κ3) is 3.03. The number of aliphatic carboxylic acids is 1. The normalized spacial score (nSPS) is 11.7. The van der Waals surface area contributed by atoms with Gasteiger partial charge in [0.1, 0.15) is 5.75 Å². The quantitative estimate of drug-likeness (QED) is 0.884. The van der Waals surface area contributed by atoms with Crippen LogP contribution < -0.4 is 10.1 Å². The third-order valence-electron chi connectivity index (χ3n) is 2.85. The van der Waals surface area contributed by atoms with Crippen molar-refractivity contribution in [3.05, 3.63) is 59.1 Å². The van der Waals surface area contributed by atoms with E-state index in [-0.39, 0.29) is 0 Å². The second-order valence-corrected chi connectivity index (χ2v) is 4.54. The van der Waals surface area contributed by atoms with Gasteiger partial charge in [0.25, 0.3) is 0 Å². The van der Waals surface area contributed by atoms with Gasteiger partial charge in [0, 0.05) is 11.3 Å². The number of rotatable bonds is 5. The lowest BCUT2D eigenvalue weighted by Crippen LogP contribution is -2.21. The molecule has 2 aromatic carbocycles. The molecule has 4 nitrogen and oxygen atoms in total. The number of methoxy groups -OCH3 is 1. The Morgan fingerprint density at radius 3 is 2.50 bits per heavy atom. The number of carbonyl (C=O) groups is 1. The summed E-state index contributed by atoms with van der Waals surface area (Å²) in [5, 5.41) is 12.7. The summed E-state index contributed by atoms with van der Waals surface area (Å²) >= 11 is 6.13. The van der Waals surface area contributed by atoms with Gasteiger partial charge in [0.05, 0.1) is 12.1 Å². The summed E-state index contributed by atoms with van der Waals surface area (Å²) in [6.45, 7) is 0. The van der Waals surface area contributed by atoms with Crippen LogP contribution in [0, 0.1) is 0 Å². The molecule has 20 heavy (non-hydrogen) atoms. The average molecular weight is 292 g/mol. The van der Waals surface area contributed by atoms with Gasteiger partial charge in [0.15, 0.2) is 6.04 Å². The zero-order valence-electron chi connectivity index (χ0n) is 10.8. The van der Waals surface area contributed by atoms with Crippen LogP contribution in [-0.4, -0.2) is 18.2 Å². The highest BCUT2D eigenvalue weighted by Gasteiger charge is 2.25. The molecule has 0 aromatic heterocycles. The standard InChI is InChI=1S/C15H14ClNO3/c1-20-12-9-5-8-11(16)13(12)14(15(18)19)17-10-6-3-2-4-7-10/h2-9,14,17H,1H3,(H,18,19). The lowest BCUT2D eigenvalue weighted by molar-refractivity contribution is -0.138. The Morgan fingerprint density at radius 2 is 1.90 bits per heavy atom. The fraction of sp³-hybridized carbons (Fsp3) is 0.133. The van der Waals surface area contributed by atoms with Crippen molar-refractivity contribution in [2.45, 2.75) is 6.04 Å². The van der Waals surface area contributed by atoms with E-state index in [0.29, 0.717) is 22.0 Å². The number of hydrogen-bond donors (Lipinski definition) is 2. The Kier molecular flexibility index (Phi) is 4.48. The number of carboxylic acids is 1. The van der Waals surface area contributed by atoms with Crippen LogP contribution in [0.5, 0.6) is 5.75 Å². The first kappa shape index (κ1) is 14.2. The Hall–Kier alpha value is -2.20. The van der Waals surface area contributed by atoms with E-state index >= 15 is 0 Å². The Labute approximate surface area is 122 Å². The van der Waals surface area contributed by atoms with Crippen molar-refractivity contribution in [3.63, 3.8) is 0 Å². The van der Waals surface area contributed by atoms with Crippen LogP contribution in [0.25, 0.3) is 0 Å². The molecule has 2 rings (SSSR count). The molecule has 5 heteroatoms. The molecule has 0 radical (unpaired) electrons. The first-order valence-corrected chi connectivity index (χ1v) is 6.38. The second kappa shape index (κ2) is 6.30. The van der Waals surface area contributed by atoms with Crippen LogP contribution in [0.3, 0.4) is 0 Å². The monoisotopic (exact) mass is 291 g/mol. The minimum atomic E-state index is -1.03. The maximum absolute atomic E-state index is 11.5. The van der Waals surface area contributed by atoms with Gasteiger partial charge >= 0.3 is 5.97 Å². The largest absolute Gasteiger partial charge is 0.496 e. The number of benzene rings is 2. The van der Waals surface area contributed by atoms with Crippen molar-refractivity contribution < 1.29 is 14.6 Å². The van der Waals surface area contributed by atoms with Crippen LogP contribution in [0.4, 0.5) is 5.69 Å². The molecule has 2 aromatic rings. The SMILES string of the molecule is COc1cccc(Cl)c1C(Nc1ccccc1)C(=O)O. The number of carboxylic acid groups (broad SMARTS) is 1. The smallest absolute Gasteiger partial charge is 0.331 e. The van der Waals surface area contributed by atoms with Crippen LogP contribution in [-0.2, 0) is 4.79 Å². The molecule has 2 N–H and O–H groups in total. The van der Waals surface area contributed by atoms with E-state index < -0.39 is 12.0 Å². The number of ether oxygens (including phenoxy) is 1. The topological polar surface area (TPSA) is 58.6 Å². The fourth-order valence-corrected chi connectivity index (χ4v) is 2.21.